The predicted octanol–water partition coefficient (Wildman–Crippen LogP) is 2.25. The number of hydrogen-bond donors (Lipinski definition) is 1. The first-order chi connectivity index (χ1) is 8.15. The van der Waals surface area contributed by atoms with Crippen molar-refractivity contribution in [1.29, 1.82) is 0 Å². The molecule has 0 amide bonds. The number of nitrogens with one attached hydrogen (secondary N) is 1. The molecule has 0 radical (unpaired) electrons. The molecule has 1 aliphatic rings. The Morgan fingerprint density at radius 3 is 2.88 bits per heavy atom. The molecule has 17 heavy (non-hydrogen) atoms. The van der Waals surface area contributed by atoms with Gasteiger partial charge in [0.1, 0.15) is 5.82 Å². The second-order valence-electron chi connectivity index (χ2n) is 4.86. The first-order valence-corrected chi connectivity index (χ1v) is 6.12. The normalized spacial score (nSPS) is 14.9. The van der Waals surface area contributed by atoms with Gasteiger partial charge in [-0.25, -0.2) is 4.39 Å². The number of carbonyl (C=O) groups excluding carboxylic acids is 1. The predicted molar refractivity (Wildman–Crippen MR) is 65.4 cm³/mol. The van der Waals surface area contributed by atoms with Crippen molar-refractivity contribution in [3.63, 3.8) is 0 Å². The topological polar surface area (TPSA) is 29.1 Å². The lowest BCUT2D eigenvalue weighted by molar-refractivity contribution is -0.117. The minimum Gasteiger partial charge on any atom is -0.310 e. The van der Waals surface area contributed by atoms with E-state index >= 15 is 0 Å². The Balaban J connectivity index is 1.79. The van der Waals surface area contributed by atoms with Crippen LogP contribution in [0.25, 0.3) is 0 Å². The third kappa shape index (κ3) is 3.93. The summed E-state index contributed by atoms with van der Waals surface area (Å²) in [5.74, 6) is 0.710. The van der Waals surface area contributed by atoms with Crippen LogP contribution >= 0.6 is 0 Å². The summed E-state index contributed by atoms with van der Waals surface area (Å²) >= 11 is 0. The average Bonchev–Trinajstić information content (AvgIpc) is 3.06. The Hall–Kier alpha value is -1.22. The highest BCUT2D eigenvalue weighted by molar-refractivity contribution is 5.83. The van der Waals surface area contributed by atoms with Crippen molar-refractivity contribution in [3.8, 4) is 0 Å². The van der Waals surface area contributed by atoms with Gasteiger partial charge in [0.25, 0.3) is 0 Å². The number of benzene rings is 1. The highest BCUT2D eigenvalue weighted by atomic mass is 19.1. The quantitative estimate of drug-likeness (QED) is 0.819. The fourth-order valence-electron chi connectivity index (χ4n) is 1.87. The molecule has 0 bridgehead atoms. The Kier molecular flexibility index (Phi) is 3.89. The molecule has 1 N–H and O–H groups in total. The number of halogens is 1. The van der Waals surface area contributed by atoms with Gasteiger partial charge in [-0.3, -0.25) is 4.79 Å². The van der Waals surface area contributed by atoms with Crippen LogP contribution < -0.4 is 5.32 Å². The summed E-state index contributed by atoms with van der Waals surface area (Å²) in [5.41, 5.74) is 1.77. The fraction of sp³-hybridized carbons (Fsp3) is 0.500. The SMILES string of the molecule is Cc1cc(F)ccc1CC(=O)CNCC1CC1. The molecule has 0 aromatic heterocycles. The van der Waals surface area contributed by atoms with Crippen LogP contribution in [-0.2, 0) is 11.2 Å². The van der Waals surface area contributed by atoms with Crippen LogP contribution in [0, 0.1) is 18.7 Å². The van der Waals surface area contributed by atoms with E-state index in [0.29, 0.717) is 13.0 Å². The zero-order chi connectivity index (χ0) is 12.3. The molecular weight excluding hydrogens is 217 g/mol. The van der Waals surface area contributed by atoms with Crippen LogP contribution in [0.3, 0.4) is 0 Å². The molecule has 0 spiro atoms. The lowest BCUT2D eigenvalue weighted by Crippen LogP contribution is -2.26. The zero-order valence-corrected chi connectivity index (χ0v) is 10.1. The summed E-state index contributed by atoms with van der Waals surface area (Å²) in [6.45, 7) is 3.21. The van der Waals surface area contributed by atoms with Crippen LogP contribution in [0.4, 0.5) is 4.39 Å². The van der Waals surface area contributed by atoms with Crippen molar-refractivity contribution < 1.29 is 9.18 Å². The lowest BCUT2D eigenvalue weighted by Gasteiger charge is -2.06. The van der Waals surface area contributed by atoms with E-state index in [4.69, 9.17) is 0 Å². The minimum absolute atomic E-state index is 0.167. The van der Waals surface area contributed by atoms with Gasteiger partial charge in [-0.05, 0) is 55.5 Å². The van der Waals surface area contributed by atoms with Crippen LogP contribution in [0.15, 0.2) is 18.2 Å². The minimum atomic E-state index is -0.245. The number of aryl methyl sites for hydroxylation is 1. The molecule has 1 saturated carbocycles. The lowest BCUT2D eigenvalue weighted by atomic mass is 10.0. The van der Waals surface area contributed by atoms with Gasteiger partial charge in [0.15, 0.2) is 5.78 Å². The summed E-state index contributed by atoms with van der Waals surface area (Å²) < 4.78 is 12.9. The molecule has 3 heteroatoms. The Bertz CT molecular complexity index is 413. The second-order valence-corrected chi connectivity index (χ2v) is 4.86. The number of hydrogen-bond acceptors (Lipinski definition) is 2. The fourth-order valence-corrected chi connectivity index (χ4v) is 1.87. The first-order valence-electron chi connectivity index (χ1n) is 6.12. The van der Waals surface area contributed by atoms with Gasteiger partial charge >= 0.3 is 0 Å². The van der Waals surface area contributed by atoms with Crippen molar-refractivity contribution in [2.45, 2.75) is 26.2 Å². The van der Waals surface area contributed by atoms with Gasteiger partial charge in [-0.2, -0.15) is 0 Å². The molecule has 1 aliphatic carbocycles. The van der Waals surface area contributed by atoms with E-state index in [9.17, 15) is 9.18 Å². The average molecular weight is 235 g/mol. The van der Waals surface area contributed by atoms with Crippen molar-refractivity contribution >= 4 is 5.78 Å². The molecule has 0 heterocycles. The van der Waals surface area contributed by atoms with Gasteiger partial charge in [0.05, 0.1) is 6.54 Å². The summed E-state index contributed by atoms with van der Waals surface area (Å²) in [6.07, 6.45) is 2.97. The molecule has 1 aromatic carbocycles. The van der Waals surface area contributed by atoms with Crippen molar-refractivity contribution in [2.24, 2.45) is 5.92 Å². The Morgan fingerprint density at radius 1 is 1.47 bits per heavy atom. The van der Waals surface area contributed by atoms with E-state index in [0.717, 1.165) is 23.6 Å². The van der Waals surface area contributed by atoms with Gasteiger partial charge < -0.3 is 5.32 Å². The molecule has 0 unspecified atom stereocenters. The largest absolute Gasteiger partial charge is 0.310 e. The van der Waals surface area contributed by atoms with Crippen molar-refractivity contribution in [3.05, 3.63) is 35.1 Å². The molecule has 0 saturated heterocycles. The maximum atomic E-state index is 12.9. The van der Waals surface area contributed by atoms with Gasteiger partial charge in [0.2, 0.25) is 0 Å². The van der Waals surface area contributed by atoms with Crippen LogP contribution in [-0.4, -0.2) is 18.9 Å². The Labute approximate surface area is 101 Å². The Morgan fingerprint density at radius 2 is 2.24 bits per heavy atom. The van der Waals surface area contributed by atoms with Crippen LogP contribution in [0.1, 0.15) is 24.0 Å². The van der Waals surface area contributed by atoms with Crippen LogP contribution in [0.5, 0.6) is 0 Å². The van der Waals surface area contributed by atoms with Gasteiger partial charge in [0, 0.05) is 6.42 Å². The van der Waals surface area contributed by atoms with E-state index in [-0.39, 0.29) is 11.6 Å². The maximum Gasteiger partial charge on any atom is 0.150 e. The number of rotatable bonds is 6. The zero-order valence-electron chi connectivity index (χ0n) is 10.1. The molecule has 0 aliphatic heterocycles. The smallest absolute Gasteiger partial charge is 0.150 e. The molecule has 0 atom stereocenters. The molecule has 2 rings (SSSR count). The third-order valence-electron chi connectivity index (χ3n) is 3.14. The van der Waals surface area contributed by atoms with E-state index in [2.05, 4.69) is 5.32 Å². The van der Waals surface area contributed by atoms with Crippen LogP contribution in [0.2, 0.25) is 0 Å². The summed E-state index contributed by atoms with van der Waals surface area (Å²) in [7, 11) is 0. The number of Topliss-reactive ketones (excluding diaryl/α,β-unsaturated/α-hetero) is 1. The highest BCUT2D eigenvalue weighted by Gasteiger charge is 2.20. The summed E-state index contributed by atoms with van der Waals surface area (Å²) in [5, 5.41) is 3.17. The number of carbonyl (C=O) groups is 1. The molecule has 1 aromatic rings. The summed E-state index contributed by atoms with van der Waals surface area (Å²) in [4.78, 5) is 11.7. The second kappa shape index (κ2) is 5.41. The standard InChI is InChI=1S/C14H18FNO/c1-10-6-13(15)5-4-12(10)7-14(17)9-16-8-11-2-3-11/h4-6,11,16H,2-3,7-9H2,1H3. The first kappa shape index (κ1) is 12.2. The van der Waals surface area contributed by atoms with Crippen molar-refractivity contribution in [2.75, 3.05) is 13.1 Å². The highest BCUT2D eigenvalue weighted by Crippen LogP contribution is 2.27. The van der Waals surface area contributed by atoms with E-state index in [1.54, 1.807) is 6.07 Å². The molecular formula is C14H18FNO. The van der Waals surface area contributed by atoms with E-state index in [1.165, 1.54) is 25.0 Å². The monoisotopic (exact) mass is 235 g/mol. The third-order valence-corrected chi connectivity index (χ3v) is 3.14. The maximum absolute atomic E-state index is 12.9. The molecule has 2 nitrogen and oxygen atoms in total. The van der Waals surface area contributed by atoms with Gasteiger partial charge in [-0.1, -0.05) is 6.07 Å². The van der Waals surface area contributed by atoms with Crippen molar-refractivity contribution in [1.82, 2.24) is 5.32 Å². The number of ketones is 1. The van der Waals surface area contributed by atoms with Gasteiger partial charge in [-0.15, -0.1) is 0 Å². The van der Waals surface area contributed by atoms with E-state index < -0.39 is 0 Å². The summed E-state index contributed by atoms with van der Waals surface area (Å²) in [6, 6.07) is 4.58. The molecule has 1 fully saturated rings. The molecule has 92 valence electrons. The van der Waals surface area contributed by atoms with E-state index in [1.807, 2.05) is 6.92 Å².